The minimum absolute atomic E-state index is 0.110. The second-order valence-electron chi connectivity index (χ2n) is 3.73. The summed E-state index contributed by atoms with van der Waals surface area (Å²) in [4.78, 5) is 5.97. The zero-order valence-electron chi connectivity index (χ0n) is 9.34. The molecular weight excluding hydrogens is 204 g/mol. The van der Waals surface area contributed by atoms with Crippen LogP contribution in [0.15, 0.2) is 35.1 Å². The summed E-state index contributed by atoms with van der Waals surface area (Å²) in [7, 11) is 3.98. The topological polar surface area (TPSA) is 49.5 Å². The Morgan fingerprint density at radius 1 is 1.25 bits per heavy atom. The highest BCUT2D eigenvalue weighted by atomic mass is 16.3. The second kappa shape index (κ2) is 4.37. The van der Waals surface area contributed by atoms with Gasteiger partial charge in [-0.3, -0.25) is 0 Å². The molecule has 0 aliphatic rings. The van der Waals surface area contributed by atoms with Crippen molar-refractivity contribution in [1.82, 2.24) is 4.98 Å². The Kier molecular flexibility index (Phi) is 2.92. The third-order valence-corrected chi connectivity index (χ3v) is 2.44. The van der Waals surface area contributed by atoms with Gasteiger partial charge in [0.15, 0.2) is 12.2 Å². The maximum absolute atomic E-state index is 9.08. The lowest BCUT2D eigenvalue weighted by Gasteiger charge is -2.12. The van der Waals surface area contributed by atoms with Crippen molar-refractivity contribution in [2.75, 3.05) is 19.0 Å². The number of aliphatic hydroxyl groups is 1. The molecule has 16 heavy (non-hydrogen) atoms. The minimum atomic E-state index is -0.110. The summed E-state index contributed by atoms with van der Waals surface area (Å²) in [5, 5.41) is 9.08. The molecule has 2 rings (SSSR count). The number of nitrogens with zero attached hydrogens (tertiary/aromatic N) is 2. The van der Waals surface area contributed by atoms with Crippen LogP contribution in [-0.4, -0.2) is 24.2 Å². The van der Waals surface area contributed by atoms with E-state index in [1.54, 1.807) is 0 Å². The van der Waals surface area contributed by atoms with E-state index in [1.807, 2.05) is 43.3 Å². The van der Waals surface area contributed by atoms with Crippen LogP contribution in [-0.2, 0) is 6.61 Å². The summed E-state index contributed by atoms with van der Waals surface area (Å²) < 4.78 is 5.26. The molecule has 2 aromatic rings. The fraction of sp³-hybridized carbons (Fsp3) is 0.250. The fourth-order valence-corrected chi connectivity index (χ4v) is 1.53. The van der Waals surface area contributed by atoms with Gasteiger partial charge in [0.25, 0.3) is 0 Å². The van der Waals surface area contributed by atoms with Crippen molar-refractivity contribution in [1.29, 1.82) is 0 Å². The number of aliphatic hydroxyl groups excluding tert-OH is 1. The summed E-state index contributed by atoms with van der Waals surface area (Å²) in [5.41, 5.74) is 2.61. The predicted octanol–water partition coefficient (Wildman–Crippen LogP) is 1.90. The van der Waals surface area contributed by atoms with Crippen LogP contribution >= 0.6 is 0 Å². The maximum Gasteiger partial charge on any atom is 0.181 e. The number of anilines is 1. The summed E-state index contributed by atoms with van der Waals surface area (Å²) in [6.07, 6.45) is 1.35. The van der Waals surface area contributed by atoms with E-state index in [1.165, 1.54) is 6.39 Å². The Balaban J connectivity index is 2.35. The number of hydrogen-bond acceptors (Lipinski definition) is 4. The van der Waals surface area contributed by atoms with Crippen molar-refractivity contribution >= 4 is 5.69 Å². The van der Waals surface area contributed by atoms with Gasteiger partial charge in [0.05, 0.1) is 6.61 Å². The van der Waals surface area contributed by atoms with E-state index in [9.17, 15) is 0 Å². The first kappa shape index (κ1) is 10.7. The molecule has 0 unspecified atom stereocenters. The molecule has 0 radical (unpaired) electrons. The third kappa shape index (κ3) is 1.92. The lowest BCUT2D eigenvalue weighted by Crippen LogP contribution is -2.07. The Bertz CT molecular complexity index is 460. The van der Waals surface area contributed by atoms with E-state index in [-0.39, 0.29) is 6.61 Å². The standard InChI is InChI=1S/C12H14N2O2/c1-14(2)10-5-3-9(4-6-10)12-11(7-15)13-8-16-12/h3-6,8,15H,7H2,1-2H3. The van der Waals surface area contributed by atoms with Crippen molar-refractivity contribution in [2.45, 2.75) is 6.61 Å². The van der Waals surface area contributed by atoms with E-state index < -0.39 is 0 Å². The first-order chi connectivity index (χ1) is 7.72. The molecule has 0 aliphatic heterocycles. The molecule has 0 saturated heterocycles. The number of benzene rings is 1. The SMILES string of the molecule is CN(C)c1ccc(-c2ocnc2CO)cc1. The van der Waals surface area contributed by atoms with E-state index in [4.69, 9.17) is 9.52 Å². The Morgan fingerprint density at radius 3 is 2.50 bits per heavy atom. The molecule has 0 spiro atoms. The summed E-state index contributed by atoms with van der Waals surface area (Å²) in [6.45, 7) is -0.110. The first-order valence-electron chi connectivity index (χ1n) is 5.03. The van der Waals surface area contributed by atoms with Crippen LogP contribution in [0, 0.1) is 0 Å². The molecule has 84 valence electrons. The third-order valence-electron chi connectivity index (χ3n) is 2.44. The Labute approximate surface area is 94.2 Å². The molecular formula is C12H14N2O2. The molecule has 4 nitrogen and oxygen atoms in total. The highest BCUT2D eigenvalue weighted by Crippen LogP contribution is 2.25. The van der Waals surface area contributed by atoms with Crippen molar-refractivity contribution in [3.63, 3.8) is 0 Å². The van der Waals surface area contributed by atoms with Crippen molar-refractivity contribution in [2.24, 2.45) is 0 Å². The smallest absolute Gasteiger partial charge is 0.181 e. The van der Waals surface area contributed by atoms with E-state index >= 15 is 0 Å². The zero-order valence-corrected chi connectivity index (χ0v) is 9.34. The summed E-state index contributed by atoms with van der Waals surface area (Å²) >= 11 is 0. The molecule has 0 fully saturated rings. The van der Waals surface area contributed by atoms with Crippen LogP contribution in [0.2, 0.25) is 0 Å². The lowest BCUT2D eigenvalue weighted by molar-refractivity contribution is 0.277. The largest absolute Gasteiger partial charge is 0.443 e. The van der Waals surface area contributed by atoms with Gasteiger partial charge in [-0.2, -0.15) is 0 Å². The van der Waals surface area contributed by atoms with Gasteiger partial charge in [-0.15, -0.1) is 0 Å². The Morgan fingerprint density at radius 2 is 1.94 bits per heavy atom. The van der Waals surface area contributed by atoms with Crippen LogP contribution in [0.1, 0.15) is 5.69 Å². The van der Waals surface area contributed by atoms with E-state index in [0.29, 0.717) is 11.5 Å². The second-order valence-corrected chi connectivity index (χ2v) is 3.73. The summed E-state index contributed by atoms with van der Waals surface area (Å²) in [5.74, 6) is 0.632. The van der Waals surface area contributed by atoms with E-state index in [2.05, 4.69) is 4.98 Å². The van der Waals surface area contributed by atoms with Crippen molar-refractivity contribution < 1.29 is 9.52 Å². The Hall–Kier alpha value is -1.81. The minimum Gasteiger partial charge on any atom is -0.443 e. The number of aromatic nitrogens is 1. The van der Waals surface area contributed by atoms with Gasteiger partial charge in [0.1, 0.15) is 5.69 Å². The van der Waals surface area contributed by atoms with Gasteiger partial charge in [0.2, 0.25) is 0 Å². The normalized spacial score (nSPS) is 10.4. The van der Waals surface area contributed by atoms with Gasteiger partial charge in [-0.05, 0) is 24.3 Å². The molecule has 0 amide bonds. The highest BCUT2D eigenvalue weighted by molar-refractivity contribution is 5.63. The van der Waals surface area contributed by atoms with Crippen LogP contribution < -0.4 is 4.90 Å². The molecule has 0 bridgehead atoms. The zero-order chi connectivity index (χ0) is 11.5. The highest BCUT2D eigenvalue weighted by Gasteiger charge is 2.09. The molecule has 1 N–H and O–H groups in total. The molecule has 0 aliphatic carbocycles. The van der Waals surface area contributed by atoms with Gasteiger partial charge >= 0.3 is 0 Å². The number of oxazole rings is 1. The van der Waals surface area contributed by atoms with Crippen LogP contribution in [0.5, 0.6) is 0 Å². The van der Waals surface area contributed by atoms with Crippen molar-refractivity contribution in [3.05, 3.63) is 36.4 Å². The number of rotatable bonds is 3. The first-order valence-corrected chi connectivity index (χ1v) is 5.03. The predicted molar refractivity (Wildman–Crippen MR) is 62.2 cm³/mol. The fourth-order valence-electron chi connectivity index (χ4n) is 1.53. The monoisotopic (exact) mass is 218 g/mol. The van der Waals surface area contributed by atoms with Crippen molar-refractivity contribution in [3.8, 4) is 11.3 Å². The number of hydrogen-bond donors (Lipinski definition) is 1. The molecule has 0 saturated carbocycles. The van der Waals surface area contributed by atoms with Gasteiger partial charge in [0, 0.05) is 25.3 Å². The molecule has 0 atom stereocenters. The average Bonchev–Trinajstić information content (AvgIpc) is 2.77. The lowest BCUT2D eigenvalue weighted by atomic mass is 10.1. The molecule has 4 heteroatoms. The average molecular weight is 218 g/mol. The quantitative estimate of drug-likeness (QED) is 0.854. The van der Waals surface area contributed by atoms with Gasteiger partial charge in [-0.1, -0.05) is 0 Å². The van der Waals surface area contributed by atoms with Crippen LogP contribution in [0.3, 0.4) is 0 Å². The summed E-state index contributed by atoms with van der Waals surface area (Å²) in [6, 6.07) is 7.90. The van der Waals surface area contributed by atoms with Gasteiger partial charge in [-0.25, -0.2) is 4.98 Å². The van der Waals surface area contributed by atoms with Gasteiger partial charge < -0.3 is 14.4 Å². The maximum atomic E-state index is 9.08. The van der Waals surface area contributed by atoms with Crippen LogP contribution in [0.25, 0.3) is 11.3 Å². The molecule has 1 aromatic carbocycles. The molecule has 1 heterocycles. The van der Waals surface area contributed by atoms with Crippen LogP contribution in [0.4, 0.5) is 5.69 Å². The van der Waals surface area contributed by atoms with E-state index in [0.717, 1.165) is 11.3 Å². The molecule has 1 aromatic heterocycles.